The van der Waals surface area contributed by atoms with E-state index in [1.807, 2.05) is 0 Å². The number of anilines is 1. The number of hydrogen-bond donors (Lipinski definition) is 1. The van der Waals surface area contributed by atoms with Gasteiger partial charge in [-0.3, -0.25) is 10.1 Å². The first kappa shape index (κ1) is 28.1. The molecule has 1 amide bonds. The van der Waals surface area contributed by atoms with Crippen molar-refractivity contribution in [1.82, 2.24) is 4.98 Å². The highest BCUT2D eigenvalue weighted by molar-refractivity contribution is 7.92. The quantitative estimate of drug-likeness (QED) is 0.335. The van der Waals surface area contributed by atoms with Crippen LogP contribution in [0.5, 0.6) is 10.8 Å². The van der Waals surface area contributed by atoms with Gasteiger partial charge in [-0.05, 0) is 55.5 Å². The van der Waals surface area contributed by atoms with Crippen molar-refractivity contribution in [3.05, 3.63) is 65.6 Å². The van der Waals surface area contributed by atoms with Crippen LogP contribution in [0.1, 0.15) is 47.7 Å². The van der Waals surface area contributed by atoms with Crippen LogP contribution >= 0.6 is 11.3 Å². The third-order valence-corrected chi connectivity index (χ3v) is 9.56. The minimum absolute atomic E-state index is 0.133. The van der Waals surface area contributed by atoms with Gasteiger partial charge < -0.3 is 18.9 Å². The minimum atomic E-state index is -3.36. The second kappa shape index (κ2) is 12.0. The first-order valence-corrected chi connectivity index (χ1v) is 15.0. The van der Waals surface area contributed by atoms with Gasteiger partial charge in [-0.25, -0.2) is 22.6 Å². The molecular weight excluding hydrogens is 563 g/mol. The summed E-state index contributed by atoms with van der Waals surface area (Å²) in [4.78, 5) is 29.4. The molecule has 10 nitrogen and oxygen atoms in total. The van der Waals surface area contributed by atoms with Gasteiger partial charge >= 0.3 is 5.97 Å². The standard InChI is InChI=1S/C27H27FN2O8S2/c1-35-26(32)21-9-4-18(14-22(21)28)37-23-15-29-27(39-23)30-25(31)24(38-17-10-12-36-13-11-17)16-2-5-19(6-3-16)40(33,34)20-7-8-20/h2-6,9,14-15,17,20,24H,7-8,10-13H2,1H3,(H,29,30,31). The molecule has 1 aliphatic heterocycles. The first-order chi connectivity index (χ1) is 19.2. The summed E-state index contributed by atoms with van der Waals surface area (Å²) in [5.74, 6) is -1.96. The summed E-state index contributed by atoms with van der Waals surface area (Å²) in [6.07, 6.45) is 2.71. The summed E-state index contributed by atoms with van der Waals surface area (Å²) in [7, 11) is -2.20. The maximum atomic E-state index is 14.2. The molecule has 2 aromatic carbocycles. The van der Waals surface area contributed by atoms with E-state index in [4.69, 9.17) is 14.2 Å². The van der Waals surface area contributed by atoms with Crippen molar-refractivity contribution < 1.29 is 41.3 Å². The normalized spacial score (nSPS) is 16.8. The Balaban J connectivity index is 1.30. The van der Waals surface area contributed by atoms with Gasteiger partial charge in [0.25, 0.3) is 5.91 Å². The summed E-state index contributed by atoms with van der Waals surface area (Å²) in [6.45, 7) is 1.04. The third-order valence-electron chi connectivity index (χ3n) is 6.49. The van der Waals surface area contributed by atoms with Crippen molar-refractivity contribution in [3.8, 4) is 10.8 Å². The molecule has 1 atom stereocenters. The Labute approximate surface area is 234 Å². The molecule has 2 aliphatic rings. The van der Waals surface area contributed by atoms with Crippen LogP contribution in [0.4, 0.5) is 9.52 Å². The highest BCUT2D eigenvalue weighted by Gasteiger charge is 2.37. The molecule has 1 saturated heterocycles. The largest absolute Gasteiger partial charge is 0.465 e. The molecule has 5 rings (SSSR count). The number of carbonyl (C=O) groups is 2. The van der Waals surface area contributed by atoms with Crippen molar-refractivity contribution >= 4 is 38.2 Å². The van der Waals surface area contributed by atoms with Crippen molar-refractivity contribution in [2.45, 2.75) is 48.0 Å². The van der Waals surface area contributed by atoms with Crippen molar-refractivity contribution in [1.29, 1.82) is 0 Å². The molecule has 13 heteroatoms. The lowest BCUT2D eigenvalue weighted by Gasteiger charge is -2.27. The molecule has 0 bridgehead atoms. The summed E-state index contributed by atoms with van der Waals surface area (Å²) < 4.78 is 61.2. The van der Waals surface area contributed by atoms with Gasteiger partial charge in [0, 0.05) is 19.3 Å². The van der Waals surface area contributed by atoms with Gasteiger partial charge in [0.1, 0.15) is 11.6 Å². The Morgan fingerprint density at radius 1 is 1.10 bits per heavy atom. The minimum Gasteiger partial charge on any atom is -0.465 e. The van der Waals surface area contributed by atoms with Gasteiger partial charge in [0.15, 0.2) is 21.1 Å². The van der Waals surface area contributed by atoms with E-state index >= 15 is 0 Å². The molecule has 1 unspecified atom stereocenters. The SMILES string of the molecule is COC(=O)c1ccc(Oc2cnc(NC(=O)C(OC3CCOCC3)c3ccc(S(=O)(=O)C4CC4)cc3)s2)cc1F. The molecule has 1 aliphatic carbocycles. The van der Waals surface area contributed by atoms with Crippen LogP contribution in [0.2, 0.25) is 0 Å². The average molecular weight is 591 g/mol. The molecule has 3 aromatic rings. The lowest BCUT2D eigenvalue weighted by molar-refractivity contribution is -0.136. The number of carbonyl (C=O) groups excluding carboxylic acids is 2. The number of thiazole rings is 1. The van der Waals surface area contributed by atoms with E-state index in [0.29, 0.717) is 44.5 Å². The number of halogens is 1. The van der Waals surface area contributed by atoms with E-state index in [0.717, 1.165) is 24.5 Å². The fraction of sp³-hybridized carbons (Fsp3) is 0.370. The Morgan fingerprint density at radius 3 is 2.48 bits per heavy atom. The summed E-state index contributed by atoms with van der Waals surface area (Å²) >= 11 is 1.02. The van der Waals surface area contributed by atoms with E-state index in [-0.39, 0.29) is 37.8 Å². The Bertz CT molecular complexity index is 1480. The predicted octanol–water partition coefficient (Wildman–Crippen LogP) is 4.67. The molecule has 0 spiro atoms. The number of aromatic nitrogens is 1. The summed E-state index contributed by atoms with van der Waals surface area (Å²) in [5, 5.41) is 2.89. The molecular formula is C27H27FN2O8S2. The smallest absolute Gasteiger partial charge is 0.340 e. The number of rotatable bonds is 10. The van der Waals surface area contributed by atoms with Crippen LogP contribution in [0.15, 0.2) is 53.6 Å². The van der Waals surface area contributed by atoms with Crippen LogP contribution in [0, 0.1) is 5.82 Å². The number of amides is 1. The number of nitrogens with zero attached hydrogens (tertiary/aromatic N) is 1. The number of sulfone groups is 1. The number of hydrogen-bond acceptors (Lipinski definition) is 10. The van der Waals surface area contributed by atoms with Crippen molar-refractivity contribution in [2.24, 2.45) is 0 Å². The summed E-state index contributed by atoms with van der Waals surface area (Å²) in [5.41, 5.74) is 0.286. The average Bonchev–Trinajstić information content (AvgIpc) is 3.74. The van der Waals surface area contributed by atoms with E-state index in [1.165, 1.54) is 30.5 Å². The zero-order valence-electron chi connectivity index (χ0n) is 21.5. The first-order valence-electron chi connectivity index (χ1n) is 12.6. The Hall–Kier alpha value is -3.39. The maximum absolute atomic E-state index is 14.2. The fourth-order valence-electron chi connectivity index (χ4n) is 4.19. The number of nitrogens with one attached hydrogen (secondary N) is 1. The van der Waals surface area contributed by atoms with Gasteiger partial charge in [0.2, 0.25) is 5.06 Å². The van der Waals surface area contributed by atoms with Gasteiger partial charge in [-0.1, -0.05) is 23.5 Å². The molecule has 40 heavy (non-hydrogen) atoms. The molecule has 1 N–H and O–H groups in total. The van der Waals surface area contributed by atoms with Crippen LogP contribution in [-0.4, -0.2) is 57.0 Å². The van der Waals surface area contributed by atoms with Crippen LogP contribution < -0.4 is 10.1 Å². The van der Waals surface area contributed by atoms with Crippen LogP contribution in [0.3, 0.4) is 0 Å². The lowest BCUT2D eigenvalue weighted by Crippen LogP contribution is -2.31. The molecule has 2 fully saturated rings. The molecule has 1 aromatic heterocycles. The van der Waals surface area contributed by atoms with Gasteiger partial charge in [0.05, 0.1) is 35.1 Å². The maximum Gasteiger partial charge on any atom is 0.340 e. The zero-order chi connectivity index (χ0) is 28.3. The number of esters is 1. The zero-order valence-corrected chi connectivity index (χ0v) is 23.1. The molecule has 1 saturated carbocycles. The van der Waals surface area contributed by atoms with Crippen molar-refractivity contribution in [2.75, 3.05) is 25.6 Å². The monoisotopic (exact) mass is 590 g/mol. The second-order valence-corrected chi connectivity index (χ2v) is 12.6. The van der Waals surface area contributed by atoms with E-state index in [9.17, 15) is 22.4 Å². The second-order valence-electron chi connectivity index (χ2n) is 9.35. The van der Waals surface area contributed by atoms with E-state index < -0.39 is 33.6 Å². The summed E-state index contributed by atoms with van der Waals surface area (Å²) in [6, 6.07) is 9.93. The van der Waals surface area contributed by atoms with E-state index in [2.05, 4.69) is 15.0 Å². The lowest BCUT2D eigenvalue weighted by atomic mass is 10.1. The highest BCUT2D eigenvalue weighted by atomic mass is 32.2. The van der Waals surface area contributed by atoms with Gasteiger partial charge in [-0.15, -0.1) is 0 Å². The molecule has 212 valence electrons. The number of methoxy groups -OCH3 is 1. The van der Waals surface area contributed by atoms with Crippen LogP contribution in [-0.2, 0) is 28.8 Å². The van der Waals surface area contributed by atoms with Crippen LogP contribution in [0.25, 0.3) is 0 Å². The topological polar surface area (TPSA) is 130 Å². The van der Waals surface area contributed by atoms with E-state index in [1.54, 1.807) is 12.1 Å². The highest BCUT2D eigenvalue weighted by Crippen LogP contribution is 2.35. The predicted molar refractivity (Wildman–Crippen MR) is 143 cm³/mol. The fourth-order valence-corrected chi connectivity index (χ4v) is 6.53. The molecule has 2 heterocycles. The third kappa shape index (κ3) is 6.49. The Morgan fingerprint density at radius 2 is 1.82 bits per heavy atom. The Kier molecular flexibility index (Phi) is 8.45. The van der Waals surface area contributed by atoms with Crippen molar-refractivity contribution in [3.63, 3.8) is 0 Å². The molecule has 0 radical (unpaired) electrons. The van der Waals surface area contributed by atoms with Gasteiger partial charge in [-0.2, -0.15) is 0 Å². The number of benzene rings is 2. The number of ether oxygens (including phenoxy) is 4.